The van der Waals surface area contributed by atoms with Gasteiger partial charge in [0.05, 0.1) is 37.4 Å². The van der Waals surface area contributed by atoms with Crippen LogP contribution < -0.4 is 44.1 Å². The number of ether oxygens (including phenoxy) is 3. The molecule has 2 aromatic heterocycles. The first-order valence-electron chi connectivity index (χ1n) is 27.0. The highest BCUT2D eigenvalue weighted by Crippen LogP contribution is 2.32. The van der Waals surface area contributed by atoms with Gasteiger partial charge in [-0.3, -0.25) is 9.59 Å². The van der Waals surface area contributed by atoms with Gasteiger partial charge in [-0.25, -0.2) is 35.9 Å². The fourth-order valence-electron chi connectivity index (χ4n) is 9.56. The topological polar surface area (TPSA) is 248 Å². The number of aromatic nitrogens is 1. The Kier molecular flexibility index (Phi) is 20.1. The van der Waals surface area contributed by atoms with Crippen molar-refractivity contribution in [3.8, 4) is 39.8 Å². The Morgan fingerprint density at radius 1 is 0.553 bits per heavy atom. The lowest BCUT2D eigenvalue weighted by atomic mass is 10.0. The maximum absolute atomic E-state index is 13.8. The van der Waals surface area contributed by atoms with Crippen molar-refractivity contribution in [1.29, 1.82) is 0 Å². The Balaban J connectivity index is 0.000000223. The number of likely N-dealkylation sites (N-methyl/N-ethyl adjacent to an activating group) is 2. The first-order chi connectivity index (χ1) is 40.9. The number of furan rings is 1. The Bertz CT molecular complexity index is 3980. The van der Waals surface area contributed by atoms with E-state index in [0.717, 1.165) is 22.0 Å². The number of methoxy groups -OCH3 is 3. The summed E-state index contributed by atoms with van der Waals surface area (Å²) in [5, 5.41) is 6.06. The molecule has 0 aliphatic carbocycles. The third kappa shape index (κ3) is 15.2. The van der Waals surface area contributed by atoms with Crippen molar-refractivity contribution in [2.75, 3.05) is 44.2 Å². The molecule has 0 unspecified atom stereocenters. The fraction of sp³-hybridized carbons (Fsp3) is 0.188. The van der Waals surface area contributed by atoms with Crippen LogP contribution in [-0.4, -0.2) is 92.2 Å². The summed E-state index contributed by atoms with van der Waals surface area (Å²) in [6, 6.07) is 50.1. The Hall–Kier alpha value is -9.86. The second-order valence-corrected chi connectivity index (χ2v) is 22.6. The van der Waals surface area contributed by atoms with Crippen LogP contribution in [0.3, 0.4) is 0 Å². The zero-order valence-electron chi connectivity index (χ0n) is 47.6. The Labute approximate surface area is 494 Å². The van der Waals surface area contributed by atoms with E-state index >= 15 is 0 Å². The van der Waals surface area contributed by atoms with Crippen LogP contribution in [0.1, 0.15) is 30.5 Å². The molecule has 0 saturated heterocycles. The van der Waals surface area contributed by atoms with Crippen LogP contribution >= 0.6 is 0 Å². The molecule has 440 valence electrons. The molecule has 19 nitrogen and oxygen atoms in total. The maximum Gasteiger partial charge on any atom is 0.329 e. The number of urea groups is 2. The van der Waals surface area contributed by atoms with E-state index in [0.29, 0.717) is 69.9 Å². The van der Waals surface area contributed by atoms with Crippen molar-refractivity contribution in [3.05, 3.63) is 211 Å². The van der Waals surface area contributed by atoms with Crippen molar-refractivity contribution in [3.63, 3.8) is 0 Å². The number of carbonyl (C=O) groups is 4. The van der Waals surface area contributed by atoms with Crippen LogP contribution in [0.2, 0.25) is 0 Å². The van der Waals surface area contributed by atoms with Gasteiger partial charge in [0.2, 0.25) is 11.8 Å². The first-order valence-corrected chi connectivity index (χ1v) is 30.0. The first kappa shape index (κ1) is 61.2. The van der Waals surface area contributed by atoms with Crippen LogP contribution in [0.5, 0.6) is 17.2 Å². The molecule has 7 aromatic carbocycles. The number of benzene rings is 7. The van der Waals surface area contributed by atoms with E-state index in [4.69, 9.17) is 18.6 Å². The van der Waals surface area contributed by atoms with Crippen LogP contribution in [0.25, 0.3) is 33.5 Å². The molecule has 85 heavy (non-hydrogen) atoms. The van der Waals surface area contributed by atoms with Gasteiger partial charge in [-0.15, -0.1) is 0 Å². The average molecular weight is 1190 g/mol. The summed E-state index contributed by atoms with van der Waals surface area (Å²) in [5.74, 6) is 1.69. The zero-order valence-corrected chi connectivity index (χ0v) is 49.2. The molecule has 9 rings (SSSR count). The normalized spacial score (nSPS) is 11.9. The van der Waals surface area contributed by atoms with E-state index in [2.05, 4.69) is 25.1 Å². The van der Waals surface area contributed by atoms with E-state index < -0.39 is 50.1 Å². The fourth-order valence-corrected chi connectivity index (χ4v) is 11.7. The second-order valence-electron chi connectivity index (χ2n) is 19.2. The molecule has 0 spiro atoms. The lowest BCUT2D eigenvalue weighted by Gasteiger charge is -2.27. The maximum atomic E-state index is 13.8. The highest BCUT2D eigenvalue weighted by atomic mass is 32.2. The largest absolute Gasteiger partial charge is 0.497 e. The minimum Gasteiger partial charge on any atom is -0.497 e. The number of nitrogens with one attached hydrogen (secondary N) is 5. The summed E-state index contributed by atoms with van der Waals surface area (Å²) >= 11 is 0. The molecular weight excluding hydrogens is 1120 g/mol. The molecule has 2 heterocycles. The Morgan fingerprint density at radius 3 is 1.56 bits per heavy atom. The molecule has 0 fully saturated rings. The second kappa shape index (κ2) is 27.9. The molecule has 0 aliphatic heterocycles. The number of sulfonamides is 2. The molecule has 6 amide bonds. The summed E-state index contributed by atoms with van der Waals surface area (Å²) < 4.78 is 78.7. The van der Waals surface area contributed by atoms with Crippen molar-refractivity contribution in [2.24, 2.45) is 0 Å². The highest BCUT2D eigenvalue weighted by molar-refractivity contribution is 7.90. The van der Waals surface area contributed by atoms with Gasteiger partial charge in [0.15, 0.2) is 0 Å². The molecule has 21 heteroatoms. The molecule has 2 atom stereocenters. The monoisotopic (exact) mass is 1190 g/mol. The summed E-state index contributed by atoms with van der Waals surface area (Å²) in [4.78, 5) is 60.0. The molecule has 0 radical (unpaired) electrons. The van der Waals surface area contributed by atoms with E-state index in [1.54, 1.807) is 113 Å². The van der Waals surface area contributed by atoms with Gasteiger partial charge in [-0.2, -0.15) is 0 Å². The number of H-pyrrole nitrogens is 1. The number of rotatable bonds is 21. The van der Waals surface area contributed by atoms with Gasteiger partial charge in [0, 0.05) is 59.5 Å². The van der Waals surface area contributed by atoms with Crippen LogP contribution in [-0.2, 0) is 42.5 Å². The van der Waals surface area contributed by atoms with Crippen LogP contribution in [0.4, 0.5) is 21.0 Å². The smallest absolute Gasteiger partial charge is 0.329 e. The molecular formula is C64H65N7O12S2. The SMILES string of the molecule is CCN(C(=O)[C@H](Cc1ccccc1)NC(=O)NS(=O)(=O)c1cccc(-c2cc3c(OC)cccc3[nH]2)c1)c1ccc(OC)cc1.CCN(C(=O)[C@H](Cc1ccccc1)NC(=O)NS(=O)(=O)c1cccc(-c2ccco2)c1C)c1ccc(OC)cc1. The predicted molar refractivity (Wildman–Crippen MR) is 327 cm³/mol. The van der Waals surface area contributed by atoms with E-state index in [1.807, 2.05) is 98.8 Å². The standard InChI is InChI=1S/C34H34N4O6S.C30H31N3O6S/c1-4-38(25-16-18-26(43-2)19-17-25)33(39)31(20-23-10-6-5-7-11-23)36-34(40)37-45(41,42)27-13-8-12-24(21-27)30-22-28-29(35-30)14-9-15-32(28)44-3;1-4-33(23-15-17-24(38-3)18-16-23)29(34)26(20-22-10-6-5-7-11-22)31-30(35)32-40(36,37)28-14-8-12-25(21(28)2)27-13-9-19-39-27/h5-19,21-22,31,35H,4,20H2,1-3H3,(H2,36,37,40);5-19,26H,4,20H2,1-3H3,(H2,31,32,35)/t31-;26-/m00/s1. The lowest BCUT2D eigenvalue weighted by Crippen LogP contribution is -2.53. The van der Waals surface area contributed by atoms with Crippen molar-refractivity contribution >= 4 is 66.2 Å². The van der Waals surface area contributed by atoms with Crippen molar-refractivity contribution in [1.82, 2.24) is 25.1 Å². The van der Waals surface area contributed by atoms with Crippen LogP contribution in [0.15, 0.2) is 209 Å². The number of anilines is 2. The van der Waals surface area contributed by atoms with Crippen molar-refractivity contribution in [2.45, 2.75) is 55.5 Å². The number of fused-ring (bicyclic) bond motifs is 1. The highest BCUT2D eigenvalue weighted by Gasteiger charge is 2.31. The van der Waals surface area contributed by atoms with Crippen molar-refractivity contribution < 1.29 is 54.6 Å². The molecule has 0 bridgehead atoms. The number of aromatic amines is 1. The minimum atomic E-state index is -4.30. The van der Waals surface area contributed by atoms with Gasteiger partial charge in [-0.1, -0.05) is 91.0 Å². The van der Waals surface area contributed by atoms with Gasteiger partial charge in [0.1, 0.15) is 35.1 Å². The molecule has 0 aliphatic rings. The number of hydrogen-bond acceptors (Lipinski definition) is 12. The van der Waals surface area contributed by atoms with Crippen LogP contribution in [0, 0.1) is 6.92 Å². The van der Waals surface area contributed by atoms with Gasteiger partial charge in [-0.05, 0) is 140 Å². The number of nitrogens with zero attached hydrogens (tertiary/aromatic N) is 2. The van der Waals surface area contributed by atoms with Gasteiger partial charge < -0.3 is 44.0 Å². The van der Waals surface area contributed by atoms with E-state index in [9.17, 15) is 36.0 Å². The summed E-state index contributed by atoms with van der Waals surface area (Å²) in [6.07, 6.45) is 1.81. The Morgan fingerprint density at radius 2 is 1.07 bits per heavy atom. The quantitative estimate of drug-likeness (QED) is 0.0451. The van der Waals surface area contributed by atoms with Gasteiger partial charge in [0.25, 0.3) is 20.0 Å². The minimum absolute atomic E-state index is 0.0732. The summed E-state index contributed by atoms with van der Waals surface area (Å²) in [6.45, 7) is 5.94. The van der Waals surface area contributed by atoms with E-state index in [-0.39, 0.29) is 28.5 Å². The average Bonchev–Trinajstić information content (AvgIpc) is 3.85. The number of carbonyl (C=O) groups excluding carboxylic acids is 4. The molecule has 5 N–H and O–H groups in total. The molecule has 0 saturated carbocycles. The zero-order chi connectivity index (χ0) is 60.7. The summed E-state index contributed by atoms with van der Waals surface area (Å²) in [7, 11) is -3.88. The predicted octanol–water partition coefficient (Wildman–Crippen LogP) is 10.4. The molecule has 9 aromatic rings. The summed E-state index contributed by atoms with van der Waals surface area (Å²) in [5.41, 5.74) is 5.96. The van der Waals surface area contributed by atoms with Gasteiger partial charge >= 0.3 is 12.1 Å². The van der Waals surface area contributed by atoms with E-state index in [1.165, 1.54) is 34.3 Å². The number of hydrogen-bond donors (Lipinski definition) is 5. The third-order valence-electron chi connectivity index (χ3n) is 13.8. The third-order valence-corrected chi connectivity index (χ3v) is 16.6. The lowest BCUT2D eigenvalue weighted by molar-refractivity contribution is -0.121. The number of amides is 6.